The van der Waals surface area contributed by atoms with Gasteiger partial charge in [0.2, 0.25) is 0 Å². The van der Waals surface area contributed by atoms with E-state index in [0.717, 1.165) is 4.90 Å². The second-order valence-electron chi connectivity index (χ2n) is 1.55. The second kappa shape index (κ2) is 6.80. The van der Waals surface area contributed by atoms with E-state index in [1.807, 2.05) is 0 Å². The first kappa shape index (κ1) is 12.4. The van der Waals surface area contributed by atoms with Crippen LogP contribution in [0.4, 0.5) is 0 Å². The predicted molar refractivity (Wildman–Crippen MR) is 30.1 cm³/mol. The molecule has 0 saturated carbocycles. The summed E-state index contributed by atoms with van der Waals surface area (Å²) in [6.45, 7) is 1.25. The van der Waals surface area contributed by atoms with Gasteiger partial charge in [-0.05, 0) is 7.05 Å². The van der Waals surface area contributed by atoms with Gasteiger partial charge in [0.1, 0.15) is 6.73 Å². The van der Waals surface area contributed by atoms with E-state index in [9.17, 15) is 9.59 Å². The van der Waals surface area contributed by atoms with Gasteiger partial charge in [-0.3, -0.25) is 4.79 Å². The van der Waals surface area contributed by atoms with Crippen LogP contribution in [-0.4, -0.2) is 31.1 Å². The topological polar surface area (TPSA) is 46.6 Å². The molecule has 0 fully saturated rings. The maximum atomic E-state index is 10.1. The minimum atomic E-state index is -0.405. The Bertz CT molecular complexity index is 117. The van der Waals surface area contributed by atoms with Crippen LogP contribution in [0.15, 0.2) is 0 Å². The first-order valence-corrected chi connectivity index (χ1v) is 2.39. The minimum absolute atomic E-state index is 0. The Morgan fingerprint density at radius 3 is 2.50 bits per heavy atom. The first-order valence-electron chi connectivity index (χ1n) is 2.39. The van der Waals surface area contributed by atoms with Crippen LogP contribution >= 0.6 is 0 Å². The standard InChI is InChI=1S/C5H8NO3.Ag/c1-5(8)9-4-6(2)3-7;/h4H2,1-2H3;/q-1;+1. The summed E-state index contributed by atoms with van der Waals surface area (Å²) < 4.78 is 4.42. The van der Waals surface area contributed by atoms with Gasteiger partial charge in [0.25, 0.3) is 0 Å². The predicted octanol–water partition coefficient (Wildman–Crippen LogP) is -0.496. The molecule has 0 aliphatic heterocycles. The zero-order valence-electron chi connectivity index (χ0n) is 5.68. The van der Waals surface area contributed by atoms with E-state index in [1.54, 1.807) is 0 Å². The summed E-state index contributed by atoms with van der Waals surface area (Å²) in [6.07, 6.45) is 1.53. The fraction of sp³-hybridized carbons (Fsp3) is 0.600. The maximum Gasteiger partial charge on any atom is 1.00 e. The van der Waals surface area contributed by atoms with Crippen molar-refractivity contribution in [3.63, 3.8) is 0 Å². The van der Waals surface area contributed by atoms with E-state index >= 15 is 0 Å². The van der Waals surface area contributed by atoms with Crippen molar-refractivity contribution in [1.82, 2.24) is 4.90 Å². The molecule has 0 radical (unpaired) electrons. The Hall–Kier alpha value is -0.320. The van der Waals surface area contributed by atoms with E-state index in [0.29, 0.717) is 0 Å². The van der Waals surface area contributed by atoms with Gasteiger partial charge in [-0.15, -0.1) is 0 Å². The van der Waals surface area contributed by atoms with Crippen LogP contribution in [0.1, 0.15) is 6.92 Å². The summed E-state index contributed by atoms with van der Waals surface area (Å²) in [5.41, 5.74) is 0. The third-order valence-corrected chi connectivity index (χ3v) is 0.617. The molecule has 0 aromatic rings. The number of ether oxygens (including phenoxy) is 1. The Morgan fingerprint density at radius 1 is 1.70 bits per heavy atom. The smallest absolute Gasteiger partial charge is 0.520 e. The third-order valence-electron chi connectivity index (χ3n) is 0.617. The summed E-state index contributed by atoms with van der Waals surface area (Å²) >= 11 is 0. The summed E-state index contributed by atoms with van der Waals surface area (Å²) in [4.78, 5) is 20.9. The number of hydrogen-bond donors (Lipinski definition) is 0. The van der Waals surface area contributed by atoms with Crippen molar-refractivity contribution in [3.8, 4) is 0 Å². The Balaban J connectivity index is 0. The molecule has 0 unspecified atom stereocenters. The van der Waals surface area contributed by atoms with E-state index in [1.165, 1.54) is 20.4 Å². The van der Waals surface area contributed by atoms with Crippen LogP contribution in [0.5, 0.6) is 0 Å². The molecule has 4 nitrogen and oxygen atoms in total. The molecule has 0 aromatic carbocycles. The number of esters is 1. The summed E-state index contributed by atoms with van der Waals surface area (Å²) in [5.74, 6) is -0.405. The van der Waals surface area contributed by atoms with Crippen LogP contribution in [0.2, 0.25) is 0 Å². The molecule has 0 aliphatic rings. The molecular formula is C5H8AgNO3. The Kier molecular flexibility index (Phi) is 8.40. The first-order chi connectivity index (χ1) is 4.16. The number of nitrogens with zero attached hydrogens (tertiary/aromatic N) is 1. The van der Waals surface area contributed by atoms with E-state index < -0.39 is 5.97 Å². The second-order valence-corrected chi connectivity index (χ2v) is 1.55. The maximum absolute atomic E-state index is 10.1. The molecule has 10 heavy (non-hydrogen) atoms. The molecule has 0 aromatic heterocycles. The zero-order chi connectivity index (χ0) is 7.28. The fourth-order valence-electron chi connectivity index (χ4n) is 0.214. The molecule has 1 amide bonds. The molecule has 62 valence electrons. The van der Waals surface area contributed by atoms with Crippen molar-refractivity contribution in [2.75, 3.05) is 13.8 Å². The molecule has 0 aliphatic carbocycles. The average Bonchev–Trinajstić information content (AvgIpc) is 1.83. The number of amides is 1. The summed E-state index contributed by atoms with van der Waals surface area (Å²) in [6, 6.07) is 0. The van der Waals surface area contributed by atoms with Gasteiger partial charge >= 0.3 is 28.3 Å². The van der Waals surface area contributed by atoms with Crippen molar-refractivity contribution in [1.29, 1.82) is 0 Å². The summed E-state index contributed by atoms with van der Waals surface area (Å²) in [7, 11) is 1.47. The molecular weight excluding hydrogens is 230 g/mol. The van der Waals surface area contributed by atoms with Gasteiger partial charge in [-0.2, -0.15) is 6.41 Å². The number of rotatable bonds is 3. The van der Waals surface area contributed by atoms with Crippen molar-refractivity contribution >= 4 is 12.4 Å². The fourth-order valence-corrected chi connectivity index (χ4v) is 0.214. The van der Waals surface area contributed by atoms with Crippen molar-refractivity contribution in [3.05, 3.63) is 0 Å². The van der Waals surface area contributed by atoms with Crippen LogP contribution < -0.4 is 0 Å². The zero-order valence-corrected chi connectivity index (χ0v) is 7.16. The number of carbonyl (C=O) groups is 1. The SMILES string of the molecule is CC(=O)OCN(C)[C-]=O.[Ag+]. The monoisotopic (exact) mass is 237 g/mol. The van der Waals surface area contributed by atoms with E-state index in [4.69, 9.17) is 0 Å². The molecule has 0 bridgehead atoms. The average molecular weight is 238 g/mol. The quantitative estimate of drug-likeness (QED) is 0.219. The molecule has 0 heterocycles. The van der Waals surface area contributed by atoms with E-state index in [2.05, 4.69) is 4.74 Å². The molecule has 5 heteroatoms. The van der Waals surface area contributed by atoms with Gasteiger partial charge in [-0.1, -0.05) is 0 Å². The van der Waals surface area contributed by atoms with Crippen LogP contribution in [0.25, 0.3) is 0 Å². The summed E-state index contributed by atoms with van der Waals surface area (Å²) in [5, 5.41) is 0. The van der Waals surface area contributed by atoms with Crippen LogP contribution in [0, 0.1) is 0 Å². The van der Waals surface area contributed by atoms with Crippen molar-refractivity contribution < 1.29 is 36.7 Å². The normalized spacial score (nSPS) is 7.40. The number of carbonyl (C=O) groups excluding carboxylic acids is 2. The van der Waals surface area contributed by atoms with Crippen LogP contribution in [0.3, 0.4) is 0 Å². The minimum Gasteiger partial charge on any atom is -0.520 e. The van der Waals surface area contributed by atoms with Gasteiger partial charge in [0.05, 0.1) is 0 Å². The van der Waals surface area contributed by atoms with Crippen LogP contribution in [-0.2, 0) is 36.7 Å². The van der Waals surface area contributed by atoms with Crippen molar-refractivity contribution in [2.45, 2.75) is 6.92 Å². The molecule has 0 rings (SSSR count). The largest absolute Gasteiger partial charge is 1.00 e. The molecule has 0 atom stereocenters. The van der Waals surface area contributed by atoms with Gasteiger partial charge in [0.15, 0.2) is 0 Å². The van der Waals surface area contributed by atoms with Gasteiger partial charge in [0, 0.05) is 6.92 Å². The Morgan fingerprint density at radius 2 is 2.20 bits per heavy atom. The molecule has 0 saturated heterocycles. The van der Waals surface area contributed by atoms with Gasteiger partial charge < -0.3 is 14.4 Å². The van der Waals surface area contributed by atoms with Gasteiger partial charge in [-0.25, -0.2) is 0 Å². The Labute approximate surface area is 75.0 Å². The number of hydrogen-bond acceptors (Lipinski definition) is 3. The molecule has 0 N–H and O–H groups in total. The van der Waals surface area contributed by atoms with Crippen molar-refractivity contribution in [2.24, 2.45) is 0 Å². The van der Waals surface area contributed by atoms with E-state index in [-0.39, 0.29) is 29.1 Å². The third kappa shape index (κ3) is 7.68. The molecule has 0 spiro atoms.